The Hall–Kier alpha value is -2.36. The number of hydrogen-bond donors (Lipinski definition) is 3. The molecule has 1 heterocycles. The van der Waals surface area contributed by atoms with Crippen LogP contribution in [0.5, 0.6) is 5.75 Å². The molecule has 1 aromatic heterocycles. The number of hydrogen-bond acceptors (Lipinski definition) is 4. The summed E-state index contributed by atoms with van der Waals surface area (Å²) in [5.74, 6) is 1.19. The fourth-order valence-corrected chi connectivity index (χ4v) is 2.00. The largest absolute Gasteiger partial charge is 0.492 e. The van der Waals surface area contributed by atoms with E-state index in [1.165, 1.54) is 5.56 Å². The van der Waals surface area contributed by atoms with Crippen molar-refractivity contribution in [3.8, 4) is 5.75 Å². The van der Waals surface area contributed by atoms with Gasteiger partial charge in [0.2, 0.25) is 5.91 Å². The molecular formula is C18H24IN5O2. The summed E-state index contributed by atoms with van der Waals surface area (Å²) in [5, 5.41) is 8.78. The number of amides is 1. The van der Waals surface area contributed by atoms with Crippen LogP contribution in [0.4, 0.5) is 5.69 Å². The first-order valence-corrected chi connectivity index (χ1v) is 8.01. The highest BCUT2D eigenvalue weighted by Crippen LogP contribution is 2.10. The van der Waals surface area contributed by atoms with E-state index in [-0.39, 0.29) is 36.4 Å². The molecule has 0 fully saturated rings. The summed E-state index contributed by atoms with van der Waals surface area (Å²) in [6.45, 7) is 3.20. The van der Waals surface area contributed by atoms with Crippen molar-refractivity contribution in [2.75, 3.05) is 32.1 Å². The number of guanidine groups is 1. The number of halogens is 1. The fourth-order valence-electron chi connectivity index (χ4n) is 2.00. The lowest BCUT2D eigenvalue weighted by Gasteiger charge is -2.12. The number of rotatable bonds is 7. The first-order chi connectivity index (χ1) is 12.2. The molecule has 1 amide bonds. The molecule has 0 radical (unpaired) electrons. The van der Waals surface area contributed by atoms with Crippen molar-refractivity contribution in [2.45, 2.75) is 6.92 Å². The van der Waals surface area contributed by atoms with Crippen LogP contribution < -0.4 is 20.7 Å². The van der Waals surface area contributed by atoms with Gasteiger partial charge < -0.3 is 20.7 Å². The van der Waals surface area contributed by atoms with Gasteiger partial charge in [-0.25, -0.2) is 0 Å². The molecule has 0 unspecified atom stereocenters. The van der Waals surface area contributed by atoms with E-state index < -0.39 is 0 Å². The van der Waals surface area contributed by atoms with Gasteiger partial charge in [-0.15, -0.1) is 24.0 Å². The van der Waals surface area contributed by atoms with E-state index in [1.807, 2.05) is 31.2 Å². The zero-order chi connectivity index (χ0) is 17.9. The molecule has 0 aliphatic carbocycles. The number of aliphatic imine (C=N–C) groups is 1. The summed E-state index contributed by atoms with van der Waals surface area (Å²) in [7, 11) is 1.65. The van der Waals surface area contributed by atoms with Crippen LogP contribution in [0.3, 0.4) is 0 Å². The second kappa shape index (κ2) is 12.1. The van der Waals surface area contributed by atoms with E-state index in [9.17, 15) is 4.79 Å². The molecule has 8 heteroatoms. The smallest absolute Gasteiger partial charge is 0.243 e. The average Bonchev–Trinajstić information content (AvgIpc) is 2.63. The number of aromatic nitrogens is 1. The van der Waals surface area contributed by atoms with E-state index in [4.69, 9.17) is 4.74 Å². The number of benzene rings is 1. The van der Waals surface area contributed by atoms with Crippen LogP contribution >= 0.6 is 24.0 Å². The van der Waals surface area contributed by atoms with Crippen molar-refractivity contribution in [3.05, 3.63) is 54.4 Å². The van der Waals surface area contributed by atoms with Gasteiger partial charge in [0.05, 0.1) is 25.0 Å². The third-order valence-electron chi connectivity index (χ3n) is 3.27. The van der Waals surface area contributed by atoms with E-state index >= 15 is 0 Å². The Morgan fingerprint density at radius 1 is 1.19 bits per heavy atom. The number of nitrogens with one attached hydrogen (secondary N) is 3. The van der Waals surface area contributed by atoms with Gasteiger partial charge in [0.1, 0.15) is 12.4 Å². The maximum Gasteiger partial charge on any atom is 0.243 e. The summed E-state index contributed by atoms with van der Waals surface area (Å²) in [5.41, 5.74) is 1.85. The second-order valence-electron chi connectivity index (χ2n) is 5.30. The number of anilines is 1. The van der Waals surface area contributed by atoms with E-state index in [1.54, 1.807) is 31.6 Å². The Labute approximate surface area is 170 Å². The van der Waals surface area contributed by atoms with Crippen LogP contribution in [-0.4, -0.2) is 43.6 Å². The quantitative estimate of drug-likeness (QED) is 0.251. The van der Waals surface area contributed by atoms with E-state index in [2.05, 4.69) is 25.9 Å². The van der Waals surface area contributed by atoms with Crippen molar-refractivity contribution in [2.24, 2.45) is 4.99 Å². The van der Waals surface area contributed by atoms with E-state index in [0.717, 1.165) is 5.75 Å². The van der Waals surface area contributed by atoms with Gasteiger partial charge >= 0.3 is 0 Å². The molecule has 2 aromatic rings. The minimum absolute atomic E-state index is 0. The highest BCUT2D eigenvalue weighted by atomic mass is 127. The van der Waals surface area contributed by atoms with Gasteiger partial charge in [-0.1, -0.05) is 17.7 Å². The Morgan fingerprint density at radius 3 is 2.62 bits per heavy atom. The molecule has 0 saturated carbocycles. The summed E-state index contributed by atoms with van der Waals surface area (Å²) in [4.78, 5) is 19.9. The van der Waals surface area contributed by atoms with Crippen LogP contribution in [-0.2, 0) is 4.79 Å². The van der Waals surface area contributed by atoms with Crippen LogP contribution in [0.25, 0.3) is 0 Å². The Balaban J connectivity index is 0.00000338. The van der Waals surface area contributed by atoms with Crippen LogP contribution in [0.15, 0.2) is 53.8 Å². The molecule has 0 aliphatic heterocycles. The number of nitrogens with zero attached hydrogens (tertiary/aromatic N) is 2. The third kappa shape index (κ3) is 8.15. The van der Waals surface area contributed by atoms with Gasteiger partial charge in [-0.2, -0.15) is 0 Å². The molecule has 2 rings (SSSR count). The minimum atomic E-state index is -0.174. The van der Waals surface area contributed by atoms with Crippen molar-refractivity contribution in [1.29, 1.82) is 0 Å². The first kappa shape index (κ1) is 21.7. The van der Waals surface area contributed by atoms with Crippen LogP contribution in [0.2, 0.25) is 0 Å². The van der Waals surface area contributed by atoms with Gasteiger partial charge in [0, 0.05) is 13.2 Å². The summed E-state index contributed by atoms with van der Waals surface area (Å²) in [6, 6.07) is 11.4. The number of ether oxygens (including phenoxy) is 1. The highest BCUT2D eigenvalue weighted by molar-refractivity contribution is 14.0. The number of aryl methyl sites for hydroxylation is 1. The van der Waals surface area contributed by atoms with Crippen LogP contribution in [0, 0.1) is 6.92 Å². The first-order valence-electron chi connectivity index (χ1n) is 8.01. The average molecular weight is 469 g/mol. The predicted molar refractivity (Wildman–Crippen MR) is 114 cm³/mol. The predicted octanol–water partition coefficient (Wildman–Crippen LogP) is 2.19. The molecule has 3 N–H and O–H groups in total. The van der Waals surface area contributed by atoms with Crippen molar-refractivity contribution in [1.82, 2.24) is 15.6 Å². The Kier molecular flexibility index (Phi) is 10.1. The fraction of sp³-hybridized carbons (Fsp3) is 0.278. The topological polar surface area (TPSA) is 87.6 Å². The SMILES string of the molecule is CN=C(NCCOc1ccc(C)cc1)NCC(=O)Nc1cccnc1.I. The van der Waals surface area contributed by atoms with Crippen molar-refractivity contribution < 1.29 is 9.53 Å². The molecule has 0 aliphatic rings. The molecular weight excluding hydrogens is 445 g/mol. The number of carbonyl (C=O) groups is 1. The summed E-state index contributed by atoms with van der Waals surface area (Å²) >= 11 is 0. The number of carbonyl (C=O) groups excluding carboxylic acids is 1. The zero-order valence-electron chi connectivity index (χ0n) is 14.9. The lowest BCUT2D eigenvalue weighted by molar-refractivity contribution is -0.115. The molecule has 26 heavy (non-hydrogen) atoms. The van der Waals surface area contributed by atoms with E-state index in [0.29, 0.717) is 24.8 Å². The van der Waals surface area contributed by atoms with Gasteiger partial charge in [-0.05, 0) is 31.2 Å². The molecule has 140 valence electrons. The minimum Gasteiger partial charge on any atom is -0.492 e. The summed E-state index contributed by atoms with van der Waals surface area (Å²) < 4.78 is 5.63. The molecule has 7 nitrogen and oxygen atoms in total. The lowest BCUT2D eigenvalue weighted by atomic mass is 10.2. The molecule has 0 bridgehead atoms. The van der Waals surface area contributed by atoms with Gasteiger partial charge in [-0.3, -0.25) is 14.8 Å². The molecule has 0 atom stereocenters. The molecule has 0 saturated heterocycles. The third-order valence-corrected chi connectivity index (χ3v) is 3.27. The van der Waals surface area contributed by atoms with Crippen molar-refractivity contribution >= 4 is 41.5 Å². The maximum absolute atomic E-state index is 11.9. The highest BCUT2D eigenvalue weighted by Gasteiger charge is 2.04. The summed E-state index contributed by atoms with van der Waals surface area (Å²) in [6.07, 6.45) is 3.24. The standard InChI is InChI=1S/C18H23N5O2.HI/c1-14-5-7-16(8-6-14)25-11-10-21-18(19-2)22-13-17(24)23-15-4-3-9-20-12-15;/h3-9,12H,10-11,13H2,1-2H3,(H,23,24)(H2,19,21,22);1H. The number of pyridine rings is 1. The lowest BCUT2D eigenvalue weighted by Crippen LogP contribution is -2.42. The monoisotopic (exact) mass is 469 g/mol. The zero-order valence-corrected chi connectivity index (χ0v) is 17.2. The van der Waals surface area contributed by atoms with Crippen LogP contribution in [0.1, 0.15) is 5.56 Å². The molecule has 1 aromatic carbocycles. The molecule has 0 spiro atoms. The second-order valence-corrected chi connectivity index (χ2v) is 5.30. The van der Waals surface area contributed by atoms with Gasteiger partial charge in [0.15, 0.2) is 5.96 Å². The van der Waals surface area contributed by atoms with Gasteiger partial charge in [0.25, 0.3) is 0 Å². The Bertz CT molecular complexity index is 692. The maximum atomic E-state index is 11.9. The normalized spacial score (nSPS) is 10.5. The van der Waals surface area contributed by atoms with Crippen molar-refractivity contribution in [3.63, 3.8) is 0 Å². The Morgan fingerprint density at radius 2 is 1.96 bits per heavy atom.